The van der Waals surface area contributed by atoms with E-state index in [9.17, 15) is 22.8 Å². The standard InChI is InChI=1S/C20H17F3N4O3/c1-19(22,23)20(5-4-11-2-3-11)13-7-14(21)12(6-16(13)26-18(29)30-20)9-27-10-25-8-15(24)17(27)28/h6-8,10-11H,2-3,9,24H2,1H3,(H,26,29)/t20-/m0/s1. The number of alkyl halides is 2. The quantitative estimate of drug-likeness (QED) is 0.747. The zero-order chi connectivity index (χ0) is 21.7. The third-order valence-electron chi connectivity index (χ3n) is 4.96. The van der Waals surface area contributed by atoms with Crippen LogP contribution in [0.2, 0.25) is 0 Å². The number of halogens is 3. The van der Waals surface area contributed by atoms with Crippen molar-refractivity contribution in [2.45, 2.75) is 37.8 Å². The Balaban J connectivity index is 1.84. The first-order valence-electron chi connectivity index (χ1n) is 9.14. The van der Waals surface area contributed by atoms with Crippen LogP contribution < -0.4 is 16.6 Å². The van der Waals surface area contributed by atoms with E-state index in [0.717, 1.165) is 29.7 Å². The van der Waals surface area contributed by atoms with Gasteiger partial charge in [-0.25, -0.2) is 22.9 Å². The topological polar surface area (TPSA) is 99.2 Å². The molecule has 7 nitrogen and oxygen atoms in total. The summed E-state index contributed by atoms with van der Waals surface area (Å²) in [5.41, 5.74) is 1.80. The van der Waals surface area contributed by atoms with Gasteiger partial charge in [-0.2, -0.15) is 0 Å². The molecule has 1 saturated carbocycles. The van der Waals surface area contributed by atoms with E-state index in [4.69, 9.17) is 10.5 Å². The summed E-state index contributed by atoms with van der Waals surface area (Å²) in [6.45, 7) is 0.302. The Morgan fingerprint density at radius 2 is 2.13 bits per heavy atom. The molecule has 1 amide bonds. The predicted octanol–water partition coefficient (Wildman–Crippen LogP) is 2.84. The maximum atomic E-state index is 14.9. The summed E-state index contributed by atoms with van der Waals surface area (Å²) < 4.78 is 50.3. The van der Waals surface area contributed by atoms with Crippen LogP contribution in [0.5, 0.6) is 0 Å². The highest BCUT2D eigenvalue weighted by Crippen LogP contribution is 2.47. The predicted molar refractivity (Wildman–Crippen MR) is 101 cm³/mol. The molecule has 3 N–H and O–H groups in total. The van der Waals surface area contributed by atoms with E-state index in [0.29, 0.717) is 6.92 Å². The van der Waals surface area contributed by atoms with Crippen molar-refractivity contribution in [1.29, 1.82) is 0 Å². The summed E-state index contributed by atoms with van der Waals surface area (Å²) >= 11 is 0. The van der Waals surface area contributed by atoms with Gasteiger partial charge in [-0.1, -0.05) is 5.92 Å². The molecule has 1 aromatic heterocycles. The van der Waals surface area contributed by atoms with Crippen LogP contribution in [-0.4, -0.2) is 21.6 Å². The number of carbonyl (C=O) groups excluding carboxylic acids is 1. The molecule has 0 spiro atoms. The van der Waals surface area contributed by atoms with Crippen LogP contribution in [0.15, 0.2) is 29.5 Å². The molecule has 2 aromatic rings. The van der Waals surface area contributed by atoms with E-state index in [2.05, 4.69) is 22.1 Å². The minimum absolute atomic E-state index is 0.0334. The number of nitrogen functional groups attached to an aromatic ring is 1. The fourth-order valence-corrected chi connectivity index (χ4v) is 3.19. The Kier molecular flexibility index (Phi) is 4.49. The number of benzene rings is 1. The Bertz CT molecular complexity index is 1160. The van der Waals surface area contributed by atoms with Crippen molar-refractivity contribution < 1.29 is 22.7 Å². The van der Waals surface area contributed by atoms with Gasteiger partial charge in [0.05, 0.1) is 24.8 Å². The SMILES string of the molecule is CC(F)(F)[C@@]1(C#CC2CC2)OC(=O)Nc2cc(Cn3cncc(N)c3=O)c(F)cc21. The largest absolute Gasteiger partial charge is 0.418 e. The number of hydrogen-bond acceptors (Lipinski definition) is 5. The Morgan fingerprint density at radius 1 is 1.40 bits per heavy atom. The average Bonchev–Trinajstić information content (AvgIpc) is 3.48. The van der Waals surface area contributed by atoms with Gasteiger partial charge in [0.1, 0.15) is 11.5 Å². The van der Waals surface area contributed by atoms with Crippen LogP contribution in [0.3, 0.4) is 0 Å². The number of fused-ring (bicyclic) bond motifs is 1. The Labute approximate surface area is 169 Å². The van der Waals surface area contributed by atoms with E-state index >= 15 is 0 Å². The normalized spacial score (nSPS) is 20.5. The molecule has 1 aliphatic heterocycles. The summed E-state index contributed by atoms with van der Waals surface area (Å²) in [5, 5.41) is 2.31. The van der Waals surface area contributed by atoms with Crippen molar-refractivity contribution in [2.24, 2.45) is 5.92 Å². The second-order valence-electron chi connectivity index (χ2n) is 7.40. The molecule has 1 aromatic carbocycles. The van der Waals surface area contributed by atoms with Gasteiger partial charge in [-0.3, -0.25) is 14.7 Å². The summed E-state index contributed by atoms with van der Waals surface area (Å²) in [6.07, 6.45) is 2.75. The van der Waals surface area contributed by atoms with Gasteiger partial charge in [-0.15, -0.1) is 0 Å². The van der Waals surface area contributed by atoms with Crippen molar-refractivity contribution in [3.8, 4) is 11.8 Å². The summed E-state index contributed by atoms with van der Waals surface area (Å²) in [4.78, 5) is 28.0. The molecule has 30 heavy (non-hydrogen) atoms. The number of cyclic esters (lactones) is 1. The third kappa shape index (κ3) is 3.36. The molecule has 1 aliphatic carbocycles. The number of aromatic nitrogens is 2. The lowest BCUT2D eigenvalue weighted by Crippen LogP contribution is -2.50. The molecule has 0 saturated heterocycles. The van der Waals surface area contributed by atoms with Gasteiger partial charge in [-0.05, 0) is 30.9 Å². The van der Waals surface area contributed by atoms with Gasteiger partial charge >= 0.3 is 6.09 Å². The minimum atomic E-state index is -3.61. The van der Waals surface area contributed by atoms with E-state index < -0.39 is 29.0 Å². The smallest absolute Gasteiger partial charge is 0.413 e. The van der Waals surface area contributed by atoms with Crippen molar-refractivity contribution in [2.75, 3.05) is 11.1 Å². The van der Waals surface area contributed by atoms with Crippen LogP contribution in [0.1, 0.15) is 30.9 Å². The molecule has 2 heterocycles. The van der Waals surface area contributed by atoms with Crippen LogP contribution in [0.25, 0.3) is 0 Å². The first-order valence-corrected chi connectivity index (χ1v) is 9.14. The number of anilines is 2. The van der Waals surface area contributed by atoms with Crippen molar-refractivity contribution in [3.63, 3.8) is 0 Å². The molecular weight excluding hydrogens is 401 g/mol. The monoisotopic (exact) mass is 418 g/mol. The van der Waals surface area contributed by atoms with E-state index in [-0.39, 0.29) is 35.0 Å². The highest BCUT2D eigenvalue weighted by Gasteiger charge is 2.58. The number of nitrogens with one attached hydrogen (secondary N) is 1. The molecule has 1 fully saturated rings. The average molecular weight is 418 g/mol. The Hall–Kier alpha value is -3.48. The van der Waals surface area contributed by atoms with E-state index in [1.54, 1.807) is 0 Å². The third-order valence-corrected chi connectivity index (χ3v) is 4.96. The molecule has 4 rings (SSSR count). The number of hydrogen-bond donors (Lipinski definition) is 2. The number of nitrogens with two attached hydrogens (primary N) is 1. The van der Waals surface area contributed by atoms with Gasteiger partial charge in [0.25, 0.3) is 17.1 Å². The maximum absolute atomic E-state index is 14.9. The van der Waals surface area contributed by atoms with E-state index in [1.165, 1.54) is 12.4 Å². The number of nitrogens with zero attached hydrogens (tertiary/aromatic N) is 2. The van der Waals surface area contributed by atoms with Gasteiger partial charge < -0.3 is 10.5 Å². The molecule has 0 radical (unpaired) electrons. The molecule has 0 bridgehead atoms. The van der Waals surface area contributed by atoms with Gasteiger partial charge in [0.15, 0.2) is 0 Å². The van der Waals surface area contributed by atoms with Crippen LogP contribution >= 0.6 is 0 Å². The number of ether oxygens (including phenoxy) is 1. The summed E-state index contributed by atoms with van der Waals surface area (Å²) in [6, 6.07) is 2.04. The number of amides is 1. The first-order chi connectivity index (χ1) is 14.1. The lowest BCUT2D eigenvalue weighted by Gasteiger charge is -2.38. The zero-order valence-electron chi connectivity index (χ0n) is 15.8. The van der Waals surface area contributed by atoms with Crippen LogP contribution in [0.4, 0.5) is 29.3 Å². The van der Waals surface area contributed by atoms with Crippen molar-refractivity contribution >= 4 is 17.5 Å². The zero-order valence-corrected chi connectivity index (χ0v) is 15.8. The van der Waals surface area contributed by atoms with Crippen molar-refractivity contribution in [3.05, 3.63) is 52.0 Å². The number of rotatable bonds is 3. The maximum Gasteiger partial charge on any atom is 0.413 e. The molecule has 156 valence electrons. The lowest BCUT2D eigenvalue weighted by molar-refractivity contribution is -0.142. The second kappa shape index (κ2) is 6.79. The fraction of sp³-hybridized carbons (Fsp3) is 0.350. The molecular formula is C20H17F3N4O3. The van der Waals surface area contributed by atoms with Crippen LogP contribution in [0, 0.1) is 23.6 Å². The molecule has 0 unspecified atom stereocenters. The summed E-state index contributed by atoms with van der Waals surface area (Å²) in [7, 11) is 0. The number of carbonyl (C=O) groups is 1. The van der Waals surface area contributed by atoms with Gasteiger partial charge in [0, 0.05) is 24.0 Å². The van der Waals surface area contributed by atoms with Crippen molar-refractivity contribution in [1.82, 2.24) is 9.55 Å². The highest BCUT2D eigenvalue weighted by molar-refractivity contribution is 5.90. The highest BCUT2D eigenvalue weighted by atomic mass is 19.3. The van der Waals surface area contributed by atoms with Gasteiger partial charge in [0.2, 0.25) is 0 Å². The molecule has 10 heteroatoms. The van der Waals surface area contributed by atoms with Crippen LogP contribution in [-0.2, 0) is 16.9 Å². The minimum Gasteiger partial charge on any atom is -0.418 e. The lowest BCUT2D eigenvalue weighted by atomic mass is 9.85. The summed E-state index contributed by atoms with van der Waals surface area (Å²) in [5.74, 6) is 0.577. The fourth-order valence-electron chi connectivity index (χ4n) is 3.19. The second-order valence-corrected chi connectivity index (χ2v) is 7.40. The molecule has 2 aliphatic rings. The molecule has 1 atom stereocenters. The first kappa shape index (κ1) is 19.8. The Morgan fingerprint density at radius 3 is 2.80 bits per heavy atom. The van der Waals surface area contributed by atoms with E-state index in [1.807, 2.05) is 0 Å².